The molecule has 0 radical (unpaired) electrons. The number of carbonyl (C=O) groups is 2. The average molecular weight is 478 g/mol. The van der Waals surface area contributed by atoms with Crippen molar-refractivity contribution in [2.24, 2.45) is 5.92 Å². The van der Waals surface area contributed by atoms with Crippen LogP contribution in [0, 0.1) is 11.7 Å². The van der Waals surface area contributed by atoms with Gasteiger partial charge < -0.3 is 15.1 Å². The van der Waals surface area contributed by atoms with E-state index in [2.05, 4.69) is 10.6 Å². The summed E-state index contributed by atoms with van der Waals surface area (Å²) in [6.07, 6.45) is 3.71. The summed E-state index contributed by atoms with van der Waals surface area (Å²) >= 11 is 0. The van der Waals surface area contributed by atoms with Gasteiger partial charge in [0.2, 0.25) is 5.91 Å². The van der Waals surface area contributed by atoms with Crippen LogP contribution in [0.15, 0.2) is 71.3 Å². The third-order valence-electron chi connectivity index (χ3n) is 6.07. The molecule has 0 saturated heterocycles. The molecule has 3 aromatic rings. The molecule has 1 heterocycles. The minimum absolute atomic E-state index is 0.0496. The van der Waals surface area contributed by atoms with Crippen LogP contribution in [0.1, 0.15) is 60.0 Å². The fourth-order valence-corrected chi connectivity index (χ4v) is 4.03. The van der Waals surface area contributed by atoms with Gasteiger partial charge in [-0.15, -0.1) is 0 Å². The average Bonchev–Trinajstić information content (AvgIpc) is 3.50. The number of nitrogens with zero attached hydrogens (tertiary/aromatic N) is 1. The molecule has 0 spiro atoms. The van der Waals surface area contributed by atoms with Crippen molar-refractivity contribution in [3.8, 4) is 0 Å². The van der Waals surface area contributed by atoms with Gasteiger partial charge in [0.15, 0.2) is 0 Å². The van der Waals surface area contributed by atoms with Gasteiger partial charge in [-0.1, -0.05) is 38.1 Å². The molecule has 6 nitrogen and oxygen atoms in total. The predicted octanol–water partition coefficient (Wildman–Crippen LogP) is 4.83. The molecule has 7 heteroatoms. The lowest BCUT2D eigenvalue weighted by molar-refractivity contribution is -0.123. The Kier molecular flexibility index (Phi) is 7.98. The molecule has 1 aliphatic rings. The smallest absolute Gasteiger partial charge is 0.251 e. The Morgan fingerprint density at radius 1 is 1.03 bits per heavy atom. The van der Waals surface area contributed by atoms with E-state index in [1.165, 1.54) is 12.1 Å². The Morgan fingerprint density at radius 2 is 1.74 bits per heavy atom. The highest BCUT2D eigenvalue weighted by molar-refractivity contribution is 5.94. The number of benzene rings is 2. The fraction of sp³-hybridized carbons (Fsp3) is 0.357. The van der Waals surface area contributed by atoms with Crippen molar-refractivity contribution >= 4 is 11.8 Å². The molecule has 35 heavy (non-hydrogen) atoms. The van der Waals surface area contributed by atoms with Crippen molar-refractivity contribution in [3.05, 3.63) is 95.2 Å². The molecule has 4 rings (SSSR count). The lowest BCUT2D eigenvalue weighted by atomic mass is 9.96. The van der Waals surface area contributed by atoms with Crippen molar-refractivity contribution in [1.82, 2.24) is 15.5 Å². The van der Waals surface area contributed by atoms with Crippen LogP contribution in [0.5, 0.6) is 0 Å². The molecular weight excluding hydrogens is 445 g/mol. The molecule has 0 bridgehead atoms. The highest BCUT2D eigenvalue weighted by Gasteiger charge is 2.24. The van der Waals surface area contributed by atoms with Crippen LogP contribution in [-0.2, 0) is 17.9 Å². The molecule has 1 fully saturated rings. The topological polar surface area (TPSA) is 74.6 Å². The van der Waals surface area contributed by atoms with Gasteiger partial charge in [0.1, 0.15) is 11.6 Å². The van der Waals surface area contributed by atoms with Gasteiger partial charge in [0.05, 0.1) is 25.4 Å². The summed E-state index contributed by atoms with van der Waals surface area (Å²) in [6.45, 7) is 5.19. The zero-order chi connectivity index (χ0) is 24.8. The van der Waals surface area contributed by atoms with E-state index in [-0.39, 0.29) is 36.1 Å². The van der Waals surface area contributed by atoms with Crippen molar-refractivity contribution in [2.75, 3.05) is 6.54 Å². The second kappa shape index (κ2) is 11.3. The highest BCUT2D eigenvalue weighted by Crippen LogP contribution is 2.22. The molecule has 1 saturated carbocycles. The molecule has 0 aliphatic heterocycles. The molecule has 2 amide bonds. The number of carbonyl (C=O) groups excluding carboxylic acids is 2. The van der Waals surface area contributed by atoms with Crippen LogP contribution < -0.4 is 10.6 Å². The molecule has 1 unspecified atom stereocenters. The Balaban J connectivity index is 1.42. The second-order valence-corrected chi connectivity index (χ2v) is 9.51. The zero-order valence-electron chi connectivity index (χ0n) is 20.2. The molecule has 2 N–H and O–H groups in total. The number of hydrogen-bond acceptors (Lipinski definition) is 4. The normalized spacial score (nSPS) is 14.2. The van der Waals surface area contributed by atoms with Crippen molar-refractivity contribution in [2.45, 2.75) is 51.9 Å². The maximum Gasteiger partial charge on any atom is 0.251 e. The highest BCUT2D eigenvalue weighted by atomic mass is 19.1. The first-order chi connectivity index (χ1) is 16.9. The summed E-state index contributed by atoms with van der Waals surface area (Å²) in [4.78, 5) is 27.3. The molecular formula is C28H32FN3O3. The van der Waals surface area contributed by atoms with Crippen LogP contribution in [0.4, 0.5) is 4.39 Å². The van der Waals surface area contributed by atoms with Gasteiger partial charge in [0.25, 0.3) is 5.91 Å². The van der Waals surface area contributed by atoms with E-state index in [4.69, 9.17) is 4.42 Å². The van der Waals surface area contributed by atoms with E-state index < -0.39 is 0 Å². The lowest BCUT2D eigenvalue weighted by Gasteiger charge is -2.26. The summed E-state index contributed by atoms with van der Waals surface area (Å²) in [5, 5.41) is 6.10. The molecule has 1 atom stereocenters. The third kappa shape index (κ3) is 7.26. The number of rotatable bonds is 11. The SMILES string of the molecule is CC(C)C(NC(=O)CN(Cc1ccc(C(=O)NC2CC2)cc1)Cc1ccco1)c1ccc(F)cc1. The third-order valence-corrected chi connectivity index (χ3v) is 6.07. The van der Waals surface area contributed by atoms with E-state index in [1.54, 1.807) is 18.4 Å². The Bertz CT molecular complexity index is 1110. The van der Waals surface area contributed by atoms with Crippen molar-refractivity contribution in [1.29, 1.82) is 0 Å². The summed E-state index contributed by atoms with van der Waals surface area (Å²) < 4.78 is 18.9. The largest absolute Gasteiger partial charge is 0.468 e. The number of hydrogen-bond donors (Lipinski definition) is 2. The number of furan rings is 1. The first-order valence-electron chi connectivity index (χ1n) is 12.1. The van der Waals surface area contributed by atoms with E-state index in [0.29, 0.717) is 24.7 Å². The number of amides is 2. The Labute approximate surface area is 205 Å². The van der Waals surface area contributed by atoms with E-state index >= 15 is 0 Å². The van der Waals surface area contributed by atoms with E-state index in [0.717, 1.165) is 29.7 Å². The summed E-state index contributed by atoms with van der Waals surface area (Å²) in [6, 6.07) is 17.5. The van der Waals surface area contributed by atoms with Crippen molar-refractivity contribution in [3.63, 3.8) is 0 Å². The van der Waals surface area contributed by atoms with Crippen LogP contribution in [-0.4, -0.2) is 29.3 Å². The van der Waals surface area contributed by atoms with Crippen LogP contribution in [0.3, 0.4) is 0 Å². The second-order valence-electron chi connectivity index (χ2n) is 9.51. The first kappa shape index (κ1) is 24.7. The summed E-state index contributed by atoms with van der Waals surface area (Å²) in [7, 11) is 0. The molecule has 1 aromatic heterocycles. The molecule has 1 aliphatic carbocycles. The maximum absolute atomic E-state index is 13.4. The number of nitrogens with one attached hydrogen (secondary N) is 2. The predicted molar refractivity (Wildman–Crippen MR) is 132 cm³/mol. The van der Waals surface area contributed by atoms with Gasteiger partial charge >= 0.3 is 0 Å². The molecule has 2 aromatic carbocycles. The van der Waals surface area contributed by atoms with E-state index in [9.17, 15) is 14.0 Å². The summed E-state index contributed by atoms with van der Waals surface area (Å²) in [5.74, 6) is 0.420. The zero-order valence-corrected chi connectivity index (χ0v) is 20.2. The monoisotopic (exact) mass is 477 g/mol. The van der Waals surface area contributed by atoms with Crippen LogP contribution in [0.25, 0.3) is 0 Å². The Hall–Kier alpha value is -3.45. The van der Waals surface area contributed by atoms with Gasteiger partial charge in [-0.3, -0.25) is 14.5 Å². The lowest BCUT2D eigenvalue weighted by Crippen LogP contribution is -2.39. The minimum atomic E-state index is -0.303. The fourth-order valence-electron chi connectivity index (χ4n) is 4.03. The van der Waals surface area contributed by atoms with Gasteiger partial charge in [-0.2, -0.15) is 0 Å². The van der Waals surface area contributed by atoms with Gasteiger partial charge in [-0.25, -0.2) is 4.39 Å². The van der Waals surface area contributed by atoms with E-state index in [1.807, 2.05) is 55.1 Å². The van der Waals surface area contributed by atoms with Crippen LogP contribution in [0.2, 0.25) is 0 Å². The first-order valence-corrected chi connectivity index (χ1v) is 12.1. The minimum Gasteiger partial charge on any atom is -0.468 e. The summed E-state index contributed by atoms with van der Waals surface area (Å²) in [5.41, 5.74) is 2.49. The standard InChI is InChI=1S/C28H32FN3O3/c1-19(2)27(21-9-11-23(29)12-10-21)31-26(33)18-32(17-25-4-3-15-35-25)16-20-5-7-22(8-6-20)28(34)30-24-13-14-24/h3-12,15,19,24,27H,13-14,16-18H2,1-2H3,(H,30,34)(H,31,33). The quantitative estimate of drug-likeness (QED) is 0.415. The van der Waals surface area contributed by atoms with Crippen LogP contribution >= 0.6 is 0 Å². The molecule has 184 valence electrons. The van der Waals surface area contributed by atoms with Crippen molar-refractivity contribution < 1.29 is 18.4 Å². The maximum atomic E-state index is 13.4. The van der Waals surface area contributed by atoms with Gasteiger partial charge in [-0.05, 0) is 66.3 Å². The number of halogens is 1. The van der Waals surface area contributed by atoms with Gasteiger partial charge in [0, 0.05) is 18.2 Å². The Morgan fingerprint density at radius 3 is 2.34 bits per heavy atom.